The van der Waals surface area contributed by atoms with E-state index in [1.165, 1.54) is 65.1 Å². The van der Waals surface area contributed by atoms with Gasteiger partial charge in [-0.15, -0.1) is 0 Å². The lowest BCUT2D eigenvalue weighted by atomic mass is 9.79. The lowest BCUT2D eigenvalue weighted by Crippen LogP contribution is -2.37. The fraction of sp³-hybridized carbons (Fsp3) is 0.929. The second kappa shape index (κ2) is 6.39. The van der Waals surface area contributed by atoms with Crippen molar-refractivity contribution in [1.29, 1.82) is 0 Å². The van der Waals surface area contributed by atoms with Crippen LogP contribution in [0.4, 0.5) is 0 Å². The van der Waals surface area contributed by atoms with E-state index in [1.54, 1.807) is 0 Å². The molecular weight excluding hydrogens is 214 g/mol. The summed E-state index contributed by atoms with van der Waals surface area (Å²) >= 11 is 0. The summed E-state index contributed by atoms with van der Waals surface area (Å²) in [6.07, 6.45) is 8.93. The summed E-state index contributed by atoms with van der Waals surface area (Å²) < 4.78 is 5.01. The Morgan fingerprint density at radius 2 is 1.82 bits per heavy atom. The molecule has 0 bridgehead atoms. The molecule has 0 spiro atoms. The Balaban J connectivity index is 1.93. The van der Waals surface area contributed by atoms with E-state index in [9.17, 15) is 4.79 Å². The highest BCUT2D eigenvalue weighted by molar-refractivity contribution is 5.72. The van der Waals surface area contributed by atoms with Gasteiger partial charge in [0.2, 0.25) is 0 Å². The van der Waals surface area contributed by atoms with Crippen LogP contribution in [-0.4, -0.2) is 37.6 Å². The number of carbonyl (C=O) groups is 1. The number of carbonyl (C=O) groups excluding carboxylic acids is 1. The minimum absolute atomic E-state index is 0.0174. The largest absolute Gasteiger partial charge is 0.469 e. The molecule has 0 aromatic carbocycles. The molecule has 2 aliphatic rings. The summed E-state index contributed by atoms with van der Waals surface area (Å²) in [5, 5.41) is 0. The molecule has 0 aromatic rings. The first-order valence-corrected chi connectivity index (χ1v) is 7.11. The monoisotopic (exact) mass is 239 g/mol. The second-order valence-corrected chi connectivity index (χ2v) is 5.54. The van der Waals surface area contributed by atoms with Crippen molar-refractivity contribution in [2.75, 3.05) is 26.7 Å². The first kappa shape index (κ1) is 12.9. The Hall–Kier alpha value is -0.570. The van der Waals surface area contributed by atoms with Crippen molar-refractivity contribution in [2.24, 2.45) is 11.8 Å². The Morgan fingerprint density at radius 1 is 1.18 bits per heavy atom. The maximum atomic E-state index is 12.0. The maximum Gasteiger partial charge on any atom is 0.310 e. The van der Waals surface area contributed by atoms with E-state index in [1.807, 2.05) is 0 Å². The smallest absolute Gasteiger partial charge is 0.310 e. The van der Waals surface area contributed by atoms with Gasteiger partial charge in [0.15, 0.2) is 0 Å². The SMILES string of the molecule is COC(=O)C(CN1CCCC1)C1CCCCC1. The Labute approximate surface area is 105 Å². The van der Waals surface area contributed by atoms with E-state index < -0.39 is 0 Å². The topological polar surface area (TPSA) is 29.5 Å². The zero-order valence-corrected chi connectivity index (χ0v) is 11.0. The second-order valence-electron chi connectivity index (χ2n) is 5.54. The highest BCUT2D eigenvalue weighted by Crippen LogP contribution is 2.31. The maximum absolute atomic E-state index is 12.0. The molecule has 2 fully saturated rings. The molecule has 3 heteroatoms. The minimum atomic E-state index is 0.0174. The first-order valence-electron chi connectivity index (χ1n) is 7.11. The summed E-state index contributed by atoms with van der Waals surface area (Å²) in [4.78, 5) is 14.4. The summed E-state index contributed by atoms with van der Waals surface area (Å²) in [5.41, 5.74) is 0. The number of methoxy groups -OCH3 is 1. The van der Waals surface area contributed by atoms with Crippen LogP contribution in [0, 0.1) is 11.8 Å². The number of hydrogen-bond acceptors (Lipinski definition) is 3. The molecule has 1 atom stereocenters. The zero-order valence-electron chi connectivity index (χ0n) is 11.0. The number of hydrogen-bond donors (Lipinski definition) is 0. The third kappa shape index (κ3) is 3.44. The molecule has 1 aliphatic heterocycles. The lowest BCUT2D eigenvalue weighted by Gasteiger charge is -2.31. The van der Waals surface area contributed by atoms with Crippen LogP contribution in [0.15, 0.2) is 0 Å². The van der Waals surface area contributed by atoms with Crippen LogP contribution in [0.2, 0.25) is 0 Å². The van der Waals surface area contributed by atoms with Gasteiger partial charge in [-0.3, -0.25) is 4.79 Å². The van der Waals surface area contributed by atoms with Gasteiger partial charge >= 0.3 is 5.97 Å². The zero-order chi connectivity index (χ0) is 12.1. The molecule has 0 aromatic heterocycles. The fourth-order valence-corrected chi connectivity index (χ4v) is 3.35. The average Bonchev–Trinajstić information content (AvgIpc) is 2.89. The molecule has 0 N–H and O–H groups in total. The predicted octanol–water partition coefficient (Wildman–Crippen LogP) is 2.45. The molecule has 0 radical (unpaired) electrons. The highest BCUT2D eigenvalue weighted by Gasteiger charge is 2.32. The standard InChI is InChI=1S/C14H25NO2/c1-17-14(16)13(11-15-9-5-6-10-15)12-7-3-2-4-8-12/h12-13H,2-11H2,1H3. The van der Waals surface area contributed by atoms with E-state index in [0.29, 0.717) is 5.92 Å². The van der Waals surface area contributed by atoms with E-state index in [0.717, 1.165) is 6.54 Å². The van der Waals surface area contributed by atoms with Gasteiger partial charge in [0.05, 0.1) is 13.0 Å². The van der Waals surface area contributed by atoms with Crippen molar-refractivity contribution in [3.8, 4) is 0 Å². The van der Waals surface area contributed by atoms with Crippen LogP contribution in [-0.2, 0) is 9.53 Å². The predicted molar refractivity (Wildman–Crippen MR) is 67.8 cm³/mol. The van der Waals surface area contributed by atoms with Crippen molar-refractivity contribution in [2.45, 2.75) is 44.9 Å². The molecule has 0 amide bonds. The summed E-state index contributed by atoms with van der Waals surface area (Å²) in [5.74, 6) is 0.707. The normalized spacial score (nSPS) is 24.8. The average molecular weight is 239 g/mol. The number of likely N-dealkylation sites (tertiary alicyclic amines) is 1. The molecule has 2 rings (SSSR count). The molecule has 1 saturated heterocycles. The number of esters is 1. The van der Waals surface area contributed by atoms with E-state index in [-0.39, 0.29) is 11.9 Å². The van der Waals surface area contributed by atoms with E-state index in [4.69, 9.17) is 4.74 Å². The minimum Gasteiger partial charge on any atom is -0.469 e. The van der Waals surface area contributed by atoms with Gasteiger partial charge in [-0.05, 0) is 44.7 Å². The van der Waals surface area contributed by atoms with E-state index >= 15 is 0 Å². The molecule has 1 unspecified atom stereocenters. The van der Waals surface area contributed by atoms with Crippen molar-refractivity contribution < 1.29 is 9.53 Å². The lowest BCUT2D eigenvalue weighted by molar-refractivity contribution is -0.148. The molecule has 17 heavy (non-hydrogen) atoms. The van der Waals surface area contributed by atoms with Gasteiger partial charge < -0.3 is 9.64 Å². The van der Waals surface area contributed by atoms with E-state index in [2.05, 4.69) is 4.90 Å². The Kier molecular flexibility index (Phi) is 4.84. The van der Waals surface area contributed by atoms with Crippen LogP contribution in [0.25, 0.3) is 0 Å². The molecule has 1 saturated carbocycles. The number of nitrogens with zero attached hydrogens (tertiary/aromatic N) is 1. The molecule has 1 aliphatic carbocycles. The van der Waals surface area contributed by atoms with Gasteiger partial charge in [-0.2, -0.15) is 0 Å². The number of ether oxygens (including phenoxy) is 1. The van der Waals surface area contributed by atoms with Gasteiger partial charge in [0, 0.05) is 6.54 Å². The van der Waals surface area contributed by atoms with Gasteiger partial charge in [0.1, 0.15) is 0 Å². The summed E-state index contributed by atoms with van der Waals surface area (Å²) in [6.45, 7) is 3.26. The van der Waals surface area contributed by atoms with Crippen LogP contribution in [0.1, 0.15) is 44.9 Å². The van der Waals surface area contributed by atoms with Crippen molar-refractivity contribution in [3.05, 3.63) is 0 Å². The van der Waals surface area contributed by atoms with Crippen LogP contribution in [0.3, 0.4) is 0 Å². The first-order chi connectivity index (χ1) is 8.31. The van der Waals surface area contributed by atoms with Crippen molar-refractivity contribution in [3.63, 3.8) is 0 Å². The third-order valence-corrected chi connectivity index (χ3v) is 4.38. The third-order valence-electron chi connectivity index (χ3n) is 4.38. The summed E-state index contributed by atoms with van der Waals surface area (Å²) in [7, 11) is 1.53. The molecule has 98 valence electrons. The van der Waals surface area contributed by atoms with Crippen molar-refractivity contribution in [1.82, 2.24) is 4.90 Å². The van der Waals surface area contributed by atoms with Gasteiger partial charge in [0.25, 0.3) is 0 Å². The quantitative estimate of drug-likeness (QED) is 0.706. The molecular formula is C14H25NO2. The highest BCUT2D eigenvalue weighted by atomic mass is 16.5. The van der Waals surface area contributed by atoms with Gasteiger partial charge in [-0.1, -0.05) is 19.3 Å². The van der Waals surface area contributed by atoms with Crippen LogP contribution >= 0.6 is 0 Å². The van der Waals surface area contributed by atoms with Crippen molar-refractivity contribution >= 4 is 5.97 Å². The van der Waals surface area contributed by atoms with Crippen LogP contribution < -0.4 is 0 Å². The Morgan fingerprint density at radius 3 is 2.41 bits per heavy atom. The van der Waals surface area contributed by atoms with Crippen LogP contribution in [0.5, 0.6) is 0 Å². The number of rotatable bonds is 4. The molecule has 3 nitrogen and oxygen atoms in total. The summed E-state index contributed by atoms with van der Waals surface area (Å²) in [6, 6.07) is 0. The van der Waals surface area contributed by atoms with Gasteiger partial charge in [-0.25, -0.2) is 0 Å². The fourth-order valence-electron chi connectivity index (χ4n) is 3.35. The molecule has 1 heterocycles. The Bertz CT molecular complexity index is 243.